The molecule has 122 valence electrons. The third-order valence-corrected chi connectivity index (χ3v) is 4.64. The number of nitrogens with zero attached hydrogens (tertiary/aromatic N) is 2. The van der Waals surface area contributed by atoms with Crippen LogP contribution in [-0.4, -0.2) is 41.3 Å². The molecule has 1 atom stereocenters. The fraction of sp³-hybridized carbons (Fsp3) is 0.500. The van der Waals surface area contributed by atoms with Crippen LogP contribution in [0.4, 0.5) is 0 Å². The molecule has 4 heterocycles. The molecule has 23 heavy (non-hydrogen) atoms. The number of pyridine rings is 1. The van der Waals surface area contributed by atoms with Crippen LogP contribution in [0.25, 0.3) is 0 Å². The van der Waals surface area contributed by atoms with Crippen molar-refractivity contribution in [3.8, 4) is 0 Å². The van der Waals surface area contributed by atoms with Crippen molar-refractivity contribution in [2.24, 2.45) is 0 Å². The largest absolute Gasteiger partial charge is 0.468 e. The lowest BCUT2D eigenvalue weighted by Gasteiger charge is -2.53. The van der Waals surface area contributed by atoms with Crippen molar-refractivity contribution in [2.75, 3.05) is 19.7 Å². The highest BCUT2D eigenvalue weighted by Gasteiger charge is 2.47. The van der Waals surface area contributed by atoms with Crippen molar-refractivity contribution < 1.29 is 13.9 Å². The summed E-state index contributed by atoms with van der Waals surface area (Å²) in [6, 6.07) is 7.95. The van der Waals surface area contributed by atoms with Gasteiger partial charge in [0.25, 0.3) is 0 Å². The van der Waals surface area contributed by atoms with Gasteiger partial charge in [-0.1, -0.05) is 6.07 Å². The fourth-order valence-corrected chi connectivity index (χ4v) is 3.55. The summed E-state index contributed by atoms with van der Waals surface area (Å²) in [6.07, 6.45) is 7.60. The lowest BCUT2D eigenvalue weighted by molar-refractivity contribution is -0.201. The van der Waals surface area contributed by atoms with Crippen LogP contribution in [-0.2, 0) is 22.6 Å². The van der Waals surface area contributed by atoms with Crippen molar-refractivity contribution in [3.05, 3.63) is 54.2 Å². The van der Waals surface area contributed by atoms with Crippen LogP contribution in [0.15, 0.2) is 47.3 Å². The summed E-state index contributed by atoms with van der Waals surface area (Å²) in [7, 11) is 0. The summed E-state index contributed by atoms with van der Waals surface area (Å²) in [4.78, 5) is 6.49. The van der Waals surface area contributed by atoms with Gasteiger partial charge in [-0.15, -0.1) is 0 Å². The molecular formula is C18H22N2O3. The van der Waals surface area contributed by atoms with E-state index in [1.54, 1.807) is 12.5 Å². The standard InChI is InChI=1S/C18H22N2O3/c1-3-15(10-19-6-1)12-22-16-5-8-23-18(9-16)13-20(14-18)11-17-4-2-7-21-17/h1-4,6-7,10,16H,5,8-9,11-14H2/t16-/m0/s1. The van der Waals surface area contributed by atoms with Crippen molar-refractivity contribution in [1.29, 1.82) is 0 Å². The number of rotatable bonds is 5. The highest BCUT2D eigenvalue weighted by atomic mass is 16.5. The molecule has 0 aromatic carbocycles. The van der Waals surface area contributed by atoms with E-state index in [-0.39, 0.29) is 11.7 Å². The van der Waals surface area contributed by atoms with Gasteiger partial charge >= 0.3 is 0 Å². The topological polar surface area (TPSA) is 47.7 Å². The van der Waals surface area contributed by atoms with Crippen LogP contribution >= 0.6 is 0 Å². The average molecular weight is 314 g/mol. The van der Waals surface area contributed by atoms with E-state index in [0.29, 0.717) is 6.61 Å². The molecule has 2 aromatic rings. The van der Waals surface area contributed by atoms with Crippen molar-refractivity contribution >= 4 is 0 Å². The van der Waals surface area contributed by atoms with Crippen LogP contribution in [0, 0.1) is 0 Å². The monoisotopic (exact) mass is 314 g/mol. The Labute approximate surface area is 136 Å². The molecule has 2 saturated heterocycles. The second kappa shape index (κ2) is 6.43. The first-order valence-corrected chi connectivity index (χ1v) is 8.21. The van der Waals surface area contributed by atoms with E-state index in [1.807, 2.05) is 24.4 Å². The number of aromatic nitrogens is 1. The maximum Gasteiger partial charge on any atom is 0.117 e. The number of hydrogen-bond acceptors (Lipinski definition) is 5. The molecule has 1 spiro atoms. The maximum absolute atomic E-state index is 6.08. The summed E-state index contributed by atoms with van der Waals surface area (Å²) in [5.74, 6) is 1.01. The van der Waals surface area contributed by atoms with Gasteiger partial charge in [-0.3, -0.25) is 9.88 Å². The van der Waals surface area contributed by atoms with Gasteiger partial charge in [0.15, 0.2) is 0 Å². The van der Waals surface area contributed by atoms with E-state index in [1.165, 1.54) is 0 Å². The Morgan fingerprint density at radius 1 is 1.30 bits per heavy atom. The van der Waals surface area contributed by atoms with Crippen molar-refractivity contribution in [3.63, 3.8) is 0 Å². The first kappa shape index (κ1) is 14.9. The van der Waals surface area contributed by atoms with E-state index < -0.39 is 0 Å². The number of ether oxygens (including phenoxy) is 2. The number of likely N-dealkylation sites (tertiary alicyclic amines) is 1. The lowest BCUT2D eigenvalue weighted by atomic mass is 9.84. The molecule has 0 N–H and O–H groups in total. The summed E-state index contributed by atoms with van der Waals surface area (Å²) in [5.41, 5.74) is 1.10. The molecule has 5 heteroatoms. The van der Waals surface area contributed by atoms with E-state index in [9.17, 15) is 0 Å². The lowest BCUT2D eigenvalue weighted by Crippen LogP contribution is -2.65. The predicted octanol–water partition coefficient (Wildman–Crippen LogP) is 2.62. The van der Waals surface area contributed by atoms with Crippen LogP contribution in [0.3, 0.4) is 0 Å². The number of furan rings is 1. The zero-order valence-electron chi connectivity index (χ0n) is 13.2. The Morgan fingerprint density at radius 2 is 2.26 bits per heavy atom. The van der Waals surface area contributed by atoms with Gasteiger partial charge < -0.3 is 13.9 Å². The summed E-state index contributed by atoms with van der Waals surface area (Å²) >= 11 is 0. The molecule has 2 aromatic heterocycles. The van der Waals surface area contributed by atoms with E-state index in [4.69, 9.17) is 13.9 Å². The summed E-state index contributed by atoms with van der Waals surface area (Å²) in [5, 5.41) is 0. The highest BCUT2D eigenvalue weighted by Crippen LogP contribution is 2.36. The van der Waals surface area contributed by atoms with E-state index >= 15 is 0 Å². The molecule has 0 aliphatic carbocycles. The third kappa shape index (κ3) is 3.47. The minimum atomic E-state index is -0.0234. The van der Waals surface area contributed by atoms with E-state index in [2.05, 4.69) is 16.0 Å². The Morgan fingerprint density at radius 3 is 3.04 bits per heavy atom. The van der Waals surface area contributed by atoms with Gasteiger partial charge in [-0.25, -0.2) is 0 Å². The smallest absolute Gasteiger partial charge is 0.117 e. The second-order valence-corrected chi connectivity index (χ2v) is 6.54. The first-order valence-electron chi connectivity index (χ1n) is 8.21. The summed E-state index contributed by atoms with van der Waals surface area (Å²) in [6.45, 7) is 4.19. The molecule has 0 amide bonds. The number of hydrogen-bond donors (Lipinski definition) is 0. The molecule has 0 saturated carbocycles. The SMILES string of the molecule is c1cncc(CO[C@H]2CCOC3(C2)CN(Cc2ccco2)C3)c1. The van der Waals surface area contributed by atoms with Gasteiger partial charge in [0.05, 0.1) is 31.1 Å². The molecule has 2 aliphatic heterocycles. The molecule has 2 aliphatic rings. The van der Waals surface area contributed by atoms with Gasteiger partial charge in [-0.2, -0.15) is 0 Å². The van der Waals surface area contributed by atoms with Crippen LogP contribution < -0.4 is 0 Å². The summed E-state index contributed by atoms with van der Waals surface area (Å²) < 4.78 is 17.6. The van der Waals surface area contributed by atoms with Crippen LogP contribution in [0.5, 0.6) is 0 Å². The zero-order chi connectivity index (χ0) is 15.5. The highest BCUT2D eigenvalue weighted by molar-refractivity contribution is 5.08. The van der Waals surface area contributed by atoms with Gasteiger partial charge in [0.2, 0.25) is 0 Å². The Hall–Kier alpha value is -1.69. The molecule has 5 nitrogen and oxygen atoms in total. The average Bonchev–Trinajstić information content (AvgIpc) is 3.06. The first-order chi connectivity index (χ1) is 11.3. The van der Waals surface area contributed by atoms with Crippen LogP contribution in [0.1, 0.15) is 24.2 Å². The quantitative estimate of drug-likeness (QED) is 0.849. The zero-order valence-corrected chi connectivity index (χ0v) is 13.2. The fourth-order valence-electron chi connectivity index (χ4n) is 3.55. The predicted molar refractivity (Wildman–Crippen MR) is 84.7 cm³/mol. The maximum atomic E-state index is 6.08. The van der Waals surface area contributed by atoms with Gasteiger partial charge in [0, 0.05) is 38.5 Å². The van der Waals surface area contributed by atoms with Crippen LogP contribution in [0.2, 0.25) is 0 Å². The minimum Gasteiger partial charge on any atom is -0.468 e. The van der Waals surface area contributed by atoms with Crippen molar-refractivity contribution in [1.82, 2.24) is 9.88 Å². The molecule has 4 rings (SSSR count). The molecular weight excluding hydrogens is 292 g/mol. The normalized spacial score (nSPS) is 23.7. The molecule has 2 fully saturated rings. The Kier molecular flexibility index (Phi) is 4.16. The van der Waals surface area contributed by atoms with Gasteiger partial charge in [-0.05, 0) is 30.2 Å². The molecule has 0 radical (unpaired) electrons. The third-order valence-electron chi connectivity index (χ3n) is 4.64. The molecule has 0 bridgehead atoms. The molecule has 0 unspecified atom stereocenters. The Bertz CT molecular complexity index is 608. The Balaban J connectivity index is 1.27. The van der Waals surface area contributed by atoms with Gasteiger partial charge in [0.1, 0.15) is 5.76 Å². The van der Waals surface area contributed by atoms with E-state index in [0.717, 1.165) is 50.4 Å². The van der Waals surface area contributed by atoms with Crippen molar-refractivity contribution in [2.45, 2.75) is 37.7 Å². The minimum absolute atomic E-state index is 0.0234. The second-order valence-electron chi connectivity index (χ2n) is 6.54.